The van der Waals surface area contributed by atoms with Gasteiger partial charge in [-0.05, 0) is 43.4 Å². The van der Waals surface area contributed by atoms with Crippen LogP contribution >= 0.6 is 23.7 Å². The highest BCUT2D eigenvalue weighted by atomic mass is 35.5. The highest BCUT2D eigenvalue weighted by Gasteiger charge is 2.38. The molecule has 3 unspecified atom stereocenters. The minimum Gasteiger partial charge on any atom is -0.497 e. The van der Waals surface area contributed by atoms with Crippen molar-refractivity contribution in [2.75, 3.05) is 19.5 Å². The summed E-state index contributed by atoms with van der Waals surface area (Å²) in [6.07, 6.45) is 5.90. The van der Waals surface area contributed by atoms with Crippen LogP contribution < -0.4 is 20.1 Å². The van der Waals surface area contributed by atoms with Gasteiger partial charge in [-0.25, -0.2) is 4.98 Å². The second kappa shape index (κ2) is 9.11. The SMILES string of the molecule is COc1ccc(OC)c(-c2csc(NC(=O)C3CC4CCCCC4N3)n2)c1.Cl. The monoisotopic (exact) mass is 423 g/mol. The molecule has 0 bridgehead atoms. The lowest BCUT2D eigenvalue weighted by atomic mass is 9.85. The van der Waals surface area contributed by atoms with Crippen LogP contribution in [0.1, 0.15) is 32.1 Å². The second-order valence-corrected chi connectivity index (χ2v) is 8.06. The second-order valence-electron chi connectivity index (χ2n) is 7.20. The van der Waals surface area contributed by atoms with Crippen LogP contribution in [0.3, 0.4) is 0 Å². The van der Waals surface area contributed by atoms with E-state index in [9.17, 15) is 4.79 Å². The van der Waals surface area contributed by atoms with Crippen LogP contribution in [0.25, 0.3) is 11.3 Å². The maximum atomic E-state index is 12.7. The number of ether oxygens (including phenoxy) is 2. The van der Waals surface area contributed by atoms with Crippen LogP contribution in [-0.2, 0) is 4.79 Å². The van der Waals surface area contributed by atoms with Crippen molar-refractivity contribution in [3.05, 3.63) is 23.6 Å². The molecule has 8 heteroatoms. The van der Waals surface area contributed by atoms with Crippen LogP contribution in [0, 0.1) is 5.92 Å². The van der Waals surface area contributed by atoms with Crippen molar-refractivity contribution in [3.8, 4) is 22.8 Å². The predicted molar refractivity (Wildman–Crippen MR) is 114 cm³/mol. The van der Waals surface area contributed by atoms with Crippen LogP contribution in [0.15, 0.2) is 23.6 Å². The van der Waals surface area contributed by atoms with Gasteiger partial charge in [-0.2, -0.15) is 0 Å². The van der Waals surface area contributed by atoms with Gasteiger partial charge in [0.15, 0.2) is 5.13 Å². The van der Waals surface area contributed by atoms with Gasteiger partial charge in [0, 0.05) is 17.0 Å². The molecule has 0 radical (unpaired) electrons. The van der Waals surface area contributed by atoms with Crippen molar-refractivity contribution in [2.45, 2.75) is 44.2 Å². The third kappa shape index (κ3) is 4.26. The molecule has 2 fully saturated rings. The van der Waals surface area contributed by atoms with Gasteiger partial charge in [0.05, 0.1) is 26.0 Å². The fourth-order valence-corrected chi connectivity index (χ4v) is 4.90. The van der Waals surface area contributed by atoms with E-state index in [2.05, 4.69) is 15.6 Å². The standard InChI is InChI=1S/C20H25N3O3S.ClH/c1-25-13-7-8-18(26-2)14(10-13)17-11-27-20(22-17)23-19(24)16-9-12-5-3-4-6-15(12)21-16;/h7-8,10-12,15-16,21H,3-6,9H2,1-2H3,(H,22,23,24);1H. The van der Waals surface area contributed by atoms with Crippen molar-refractivity contribution >= 4 is 34.8 Å². The zero-order chi connectivity index (χ0) is 18.8. The molecule has 6 nitrogen and oxygen atoms in total. The summed E-state index contributed by atoms with van der Waals surface area (Å²) in [4.78, 5) is 17.3. The summed E-state index contributed by atoms with van der Waals surface area (Å²) in [6, 6.07) is 5.99. The molecular formula is C20H26ClN3O3S. The smallest absolute Gasteiger partial charge is 0.243 e. The molecule has 2 N–H and O–H groups in total. The Morgan fingerprint density at radius 1 is 1.25 bits per heavy atom. The number of nitrogens with zero attached hydrogens (tertiary/aromatic N) is 1. The van der Waals surface area contributed by atoms with E-state index in [0.29, 0.717) is 17.1 Å². The number of methoxy groups -OCH3 is 2. The number of nitrogens with one attached hydrogen (secondary N) is 2. The Kier molecular flexibility index (Phi) is 6.80. The Hall–Kier alpha value is -1.83. The molecule has 2 aromatic rings. The first-order chi connectivity index (χ1) is 13.2. The topological polar surface area (TPSA) is 72.5 Å². The summed E-state index contributed by atoms with van der Waals surface area (Å²) in [5.41, 5.74) is 1.61. The zero-order valence-corrected chi connectivity index (χ0v) is 17.7. The lowest BCUT2D eigenvalue weighted by Gasteiger charge is -2.24. The predicted octanol–water partition coefficient (Wildman–Crippen LogP) is 4.11. The first kappa shape index (κ1) is 20.9. The highest BCUT2D eigenvalue weighted by molar-refractivity contribution is 7.14. The van der Waals surface area contributed by atoms with E-state index in [1.807, 2.05) is 23.6 Å². The van der Waals surface area contributed by atoms with Gasteiger partial charge in [0.2, 0.25) is 5.91 Å². The number of fused-ring (bicyclic) bond motifs is 1. The number of thiazole rings is 1. The van der Waals surface area contributed by atoms with Crippen molar-refractivity contribution in [2.24, 2.45) is 5.92 Å². The number of hydrogen-bond donors (Lipinski definition) is 2. The van der Waals surface area contributed by atoms with E-state index in [1.165, 1.54) is 37.0 Å². The maximum absolute atomic E-state index is 12.7. The van der Waals surface area contributed by atoms with Crippen LogP contribution in [0.5, 0.6) is 11.5 Å². The quantitative estimate of drug-likeness (QED) is 0.757. The summed E-state index contributed by atoms with van der Waals surface area (Å²) in [6.45, 7) is 0. The molecule has 1 aromatic carbocycles. The van der Waals surface area contributed by atoms with E-state index in [-0.39, 0.29) is 24.4 Å². The number of halogens is 1. The van der Waals surface area contributed by atoms with Crippen molar-refractivity contribution in [1.82, 2.24) is 10.3 Å². The molecule has 4 rings (SSSR count). The van der Waals surface area contributed by atoms with E-state index in [4.69, 9.17) is 9.47 Å². The van der Waals surface area contributed by atoms with Crippen LogP contribution in [0.4, 0.5) is 5.13 Å². The average molecular weight is 424 g/mol. The first-order valence-corrected chi connectivity index (χ1v) is 10.3. The third-order valence-corrected chi connectivity index (χ3v) is 6.35. The van der Waals surface area contributed by atoms with Crippen molar-refractivity contribution in [1.29, 1.82) is 0 Å². The number of anilines is 1. The molecule has 152 valence electrons. The van der Waals surface area contributed by atoms with Gasteiger partial charge in [-0.15, -0.1) is 23.7 Å². The van der Waals surface area contributed by atoms with E-state index in [1.54, 1.807) is 14.2 Å². The number of hydrogen-bond acceptors (Lipinski definition) is 6. The Balaban J connectivity index is 0.00000225. The number of rotatable bonds is 5. The van der Waals surface area contributed by atoms with Gasteiger partial charge < -0.3 is 20.1 Å². The Morgan fingerprint density at radius 3 is 2.82 bits per heavy atom. The molecule has 28 heavy (non-hydrogen) atoms. The summed E-state index contributed by atoms with van der Waals surface area (Å²) >= 11 is 1.42. The Bertz CT molecular complexity index is 815. The largest absolute Gasteiger partial charge is 0.497 e. The highest BCUT2D eigenvalue weighted by Crippen LogP contribution is 2.36. The van der Waals surface area contributed by atoms with Gasteiger partial charge in [-0.3, -0.25) is 4.79 Å². The average Bonchev–Trinajstić information content (AvgIpc) is 3.34. The fraction of sp³-hybridized carbons (Fsp3) is 0.500. The Labute approximate surface area is 175 Å². The van der Waals surface area contributed by atoms with Gasteiger partial charge in [0.25, 0.3) is 0 Å². The number of carbonyl (C=O) groups is 1. The zero-order valence-electron chi connectivity index (χ0n) is 16.1. The van der Waals surface area contributed by atoms with E-state index in [0.717, 1.165) is 29.2 Å². The Morgan fingerprint density at radius 2 is 2.07 bits per heavy atom. The lowest BCUT2D eigenvalue weighted by molar-refractivity contribution is -0.117. The lowest BCUT2D eigenvalue weighted by Crippen LogP contribution is -2.39. The minimum atomic E-state index is -0.114. The van der Waals surface area contributed by atoms with Crippen molar-refractivity contribution < 1.29 is 14.3 Å². The normalized spacial score (nSPS) is 23.4. The summed E-state index contributed by atoms with van der Waals surface area (Å²) in [7, 11) is 3.26. The van der Waals surface area contributed by atoms with Crippen molar-refractivity contribution in [3.63, 3.8) is 0 Å². The molecule has 1 aliphatic heterocycles. The van der Waals surface area contributed by atoms with Crippen LogP contribution in [-0.4, -0.2) is 37.2 Å². The first-order valence-electron chi connectivity index (χ1n) is 9.42. The number of benzene rings is 1. The van der Waals surface area contributed by atoms with Gasteiger partial charge in [-0.1, -0.05) is 12.8 Å². The molecule has 0 spiro atoms. The number of amides is 1. The van der Waals surface area contributed by atoms with E-state index < -0.39 is 0 Å². The van der Waals surface area contributed by atoms with Crippen LogP contribution in [0.2, 0.25) is 0 Å². The summed E-state index contributed by atoms with van der Waals surface area (Å²) in [5, 5.41) is 9.03. The molecular weight excluding hydrogens is 398 g/mol. The molecule has 1 amide bonds. The molecule has 1 saturated heterocycles. The summed E-state index contributed by atoms with van der Waals surface area (Å²) in [5.74, 6) is 2.12. The minimum absolute atomic E-state index is 0. The molecule has 1 saturated carbocycles. The molecule has 3 atom stereocenters. The molecule has 2 aliphatic rings. The van der Waals surface area contributed by atoms with E-state index >= 15 is 0 Å². The number of carbonyl (C=O) groups excluding carboxylic acids is 1. The summed E-state index contributed by atoms with van der Waals surface area (Å²) < 4.78 is 10.7. The molecule has 1 aliphatic carbocycles. The molecule has 1 aromatic heterocycles. The van der Waals surface area contributed by atoms with Gasteiger partial charge >= 0.3 is 0 Å². The molecule has 2 heterocycles. The fourth-order valence-electron chi connectivity index (χ4n) is 4.18. The maximum Gasteiger partial charge on any atom is 0.243 e. The van der Waals surface area contributed by atoms with Gasteiger partial charge in [0.1, 0.15) is 11.5 Å². The number of aromatic nitrogens is 1. The third-order valence-electron chi connectivity index (χ3n) is 5.60.